The third-order valence-electron chi connectivity index (χ3n) is 4.76. The Morgan fingerprint density at radius 1 is 0.857 bits per heavy atom. The van der Waals surface area contributed by atoms with Gasteiger partial charge in [-0.05, 0) is 30.4 Å². The molecule has 0 fully saturated rings. The number of aromatic nitrogens is 3. The first-order valence-electron chi connectivity index (χ1n) is 9.25. The van der Waals surface area contributed by atoms with E-state index in [0.717, 1.165) is 11.4 Å². The van der Waals surface area contributed by atoms with Gasteiger partial charge in [0.25, 0.3) is 0 Å². The van der Waals surface area contributed by atoms with Gasteiger partial charge in [-0.15, -0.1) is 0 Å². The van der Waals surface area contributed by atoms with Crippen LogP contribution in [0.1, 0.15) is 17.2 Å². The van der Waals surface area contributed by atoms with Crippen LogP contribution >= 0.6 is 12.2 Å². The fourth-order valence-electron chi connectivity index (χ4n) is 3.45. The Kier molecular flexibility index (Phi) is 5.46. The van der Waals surface area contributed by atoms with Crippen LogP contribution in [0.5, 0.6) is 0 Å². The molecule has 0 bridgehead atoms. The lowest BCUT2D eigenvalue weighted by Crippen LogP contribution is -2.28. The van der Waals surface area contributed by atoms with Gasteiger partial charge < -0.3 is 0 Å². The summed E-state index contributed by atoms with van der Waals surface area (Å²) in [6, 6.07) is 31.2. The summed E-state index contributed by atoms with van der Waals surface area (Å²) in [5.74, 6) is 0.787. The van der Waals surface area contributed by atoms with Gasteiger partial charge in [0.05, 0.1) is 12.7 Å². The highest BCUT2D eigenvalue weighted by molar-refractivity contribution is 7.71. The fourth-order valence-corrected chi connectivity index (χ4v) is 3.65. The topological polar surface area (TPSA) is 36.9 Å². The minimum Gasteiger partial charge on any atom is -0.278 e. The molecule has 0 spiro atoms. The molecule has 1 aromatic heterocycles. The molecule has 0 aliphatic heterocycles. The van der Waals surface area contributed by atoms with Gasteiger partial charge in [0, 0.05) is 5.56 Å². The Morgan fingerprint density at radius 3 is 1.89 bits per heavy atom. The maximum atomic E-state index is 5.51. The second-order valence-corrected chi connectivity index (χ2v) is 7.14. The second-order valence-electron chi connectivity index (χ2n) is 6.77. The molecule has 0 aliphatic carbocycles. The summed E-state index contributed by atoms with van der Waals surface area (Å²) >= 11 is 5.51. The van der Waals surface area contributed by atoms with E-state index in [0.29, 0.717) is 11.4 Å². The van der Waals surface area contributed by atoms with E-state index in [1.807, 2.05) is 47.1 Å². The van der Waals surface area contributed by atoms with Gasteiger partial charge in [-0.2, -0.15) is 4.98 Å². The summed E-state index contributed by atoms with van der Waals surface area (Å²) in [4.78, 5) is 6.81. The average molecular weight is 387 g/mol. The number of aromatic amines is 1. The Morgan fingerprint density at radius 2 is 1.36 bits per heavy atom. The van der Waals surface area contributed by atoms with E-state index in [4.69, 9.17) is 12.2 Å². The van der Waals surface area contributed by atoms with Crippen molar-refractivity contribution in [1.82, 2.24) is 19.7 Å². The highest BCUT2D eigenvalue weighted by Gasteiger charge is 2.20. The molecular formula is C23H22N4S. The smallest absolute Gasteiger partial charge is 0.217 e. The van der Waals surface area contributed by atoms with Crippen molar-refractivity contribution in [1.29, 1.82) is 0 Å². The zero-order valence-electron chi connectivity index (χ0n) is 15.7. The molecule has 0 aliphatic rings. The molecule has 4 nitrogen and oxygen atoms in total. The van der Waals surface area contributed by atoms with Crippen LogP contribution in [0.4, 0.5) is 0 Å². The zero-order valence-corrected chi connectivity index (χ0v) is 16.5. The van der Waals surface area contributed by atoms with Crippen LogP contribution in [0, 0.1) is 4.77 Å². The van der Waals surface area contributed by atoms with E-state index < -0.39 is 0 Å². The minimum absolute atomic E-state index is 0.118. The van der Waals surface area contributed by atoms with Gasteiger partial charge >= 0.3 is 0 Å². The Bertz CT molecular complexity index is 1030. The van der Waals surface area contributed by atoms with E-state index in [1.165, 1.54) is 11.1 Å². The van der Waals surface area contributed by atoms with E-state index in [9.17, 15) is 0 Å². The molecular weight excluding hydrogens is 364 g/mol. The SMILES string of the molecule is CN(Cn1[nH]c(-c2ccccc2)nc1=S)C(c1ccccc1)c1ccccc1. The number of benzene rings is 3. The number of rotatable bonds is 6. The largest absolute Gasteiger partial charge is 0.278 e. The van der Waals surface area contributed by atoms with Crippen molar-refractivity contribution in [3.05, 3.63) is 107 Å². The van der Waals surface area contributed by atoms with Crippen molar-refractivity contribution in [3.63, 3.8) is 0 Å². The third kappa shape index (κ3) is 3.96. The summed E-state index contributed by atoms with van der Waals surface area (Å²) in [7, 11) is 2.11. The van der Waals surface area contributed by atoms with Crippen LogP contribution in [0.2, 0.25) is 0 Å². The first kappa shape index (κ1) is 18.3. The van der Waals surface area contributed by atoms with Crippen LogP contribution in [-0.4, -0.2) is 26.7 Å². The van der Waals surface area contributed by atoms with Crippen molar-refractivity contribution >= 4 is 12.2 Å². The molecule has 1 heterocycles. The second kappa shape index (κ2) is 8.33. The normalized spacial score (nSPS) is 11.2. The molecule has 0 amide bonds. The molecule has 5 heteroatoms. The van der Waals surface area contributed by atoms with E-state index >= 15 is 0 Å². The van der Waals surface area contributed by atoms with Crippen molar-refractivity contribution in [2.75, 3.05) is 7.05 Å². The lowest BCUT2D eigenvalue weighted by atomic mass is 9.98. The van der Waals surface area contributed by atoms with Gasteiger partial charge in [0.2, 0.25) is 4.77 Å². The average Bonchev–Trinajstić information content (AvgIpc) is 3.11. The lowest BCUT2D eigenvalue weighted by Gasteiger charge is -2.29. The van der Waals surface area contributed by atoms with Crippen molar-refractivity contribution in [2.24, 2.45) is 0 Å². The van der Waals surface area contributed by atoms with Crippen molar-refractivity contribution in [2.45, 2.75) is 12.7 Å². The first-order valence-corrected chi connectivity index (χ1v) is 9.65. The maximum Gasteiger partial charge on any atom is 0.217 e. The summed E-state index contributed by atoms with van der Waals surface area (Å²) in [5.41, 5.74) is 3.51. The molecule has 28 heavy (non-hydrogen) atoms. The number of hydrogen-bond acceptors (Lipinski definition) is 3. The van der Waals surface area contributed by atoms with Crippen LogP contribution in [-0.2, 0) is 6.67 Å². The predicted octanol–water partition coefficient (Wildman–Crippen LogP) is 5.29. The Labute approximate surface area is 170 Å². The highest BCUT2D eigenvalue weighted by Crippen LogP contribution is 2.28. The summed E-state index contributed by atoms with van der Waals surface area (Å²) in [6.07, 6.45) is 0. The quantitative estimate of drug-likeness (QED) is 0.458. The zero-order chi connectivity index (χ0) is 19.3. The van der Waals surface area contributed by atoms with Gasteiger partial charge in [0.1, 0.15) is 0 Å². The van der Waals surface area contributed by atoms with Crippen LogP contribution in [0.25, 0.3) is 11.4 Å². The maximum absolute atomic E-state index is 5.51. The van der Waals surface area contributed by atoms with Crippen molar-refractivity contribution in [3.8, 4) is 11.4 Å². The molecule has 4 rings (SSSR count). The van der Waals surface area contributed by atoms with Crippen LogP contribution < -0.4 is 0 Å². The van der Waals surface area contributed by atoms with E-state index in [2.05, 4.69) is 70.6 Å². The number of nitrogens with one attached hydrogen (secondary N) is 1. The summed E-state index contributed by atoms with van der Waals surface area (Å²) < 4.78 is 2.46. The third-order valence-corrected chi connectivity index (χ3v) is 5.07. The summed E-state index contributed by atoms with van der Waals surface area (Å²) in [6.45, 7) is 0.604. The molecule has 0 saturated heterocycles. The van der Waals surface area contributed by atoms with Gasteiger partial charge in [0.15, 0.2) is 5.82 Å². The van der Waals surface area contributed by atoms with Crippen LogP contribution in [0.3, 0.4) is 0 Å². The monoisotopic (exact) mass is 386 g/mol. The van der Waals surface area contributed by atoms with E-state index in [-0.39, 0.29) is 6.04 Å². The standard InChI is InChI=1S/C23H22N4S/c1-26(17-27-23(28)24-22(25-27)20-15-9-4-10-16-20)21(18-11-5-2-6-12-18)19-13-7-3-8-14-19/h2-16,21H,17H2,1H3,(H,24,25,28). The molecule has 1 N–H and O–H groups in total. The van der Waals surface area contributed by atoms with Gasteiger partial charge in [-0.1, -0.05) is 91.0 Å². The molecule has 4 aromatic rings. The minimum atomic E-state index is 0.118. The Hall–Kier alpha value is -3.02. The molecule has 3 aromatic carbocycles. The van der Waals surface area contributed by atoms with Crippen molar-refractivity contribution < 1.29 is 0 Å². The molecule has 0 atom stereocenters. The van der Waals surface area contributed by atoms with E-state index in [1.54, 1.807) is 0 Å². The Balaban J connectivity index is 1.65. The number of hydrogen-bond donors (Lipinski definition) is 1. The first-order chi connectivity index (χ1) is 13.7. The van der Waals surface area contributed by atoms with Crippen LogP contribution in [0.15, 0.2) is 91.0 Å². The number of nitrogens with zero attached hydrogens (tertiary/aromatic N) is 3. The van der Waals surface area contributed by atoms with Gasteiger partial charge in [-0.3, -0.25) is 10.00 Å². The molecule has 0 unspecified atom stereocenters. The predicted molar refractivity (Wildman–Crippen MR) is 115 cm³/mol. The molecule has 140 valence electrons. The lowest BCUT2D eigenvalue weighted by molar-refractivity contribution is 0.208. The number of H-pyrrole nitrogens is 1. The molecule has 0 radical (unpaired) electrons. The highest BCUT2D eigenvalue weighted by atomic mass is 32.1. The van der Waals surface area contributed by atoms with Gasteiger partial charge in [-0.25, -0.2) is 4.68 Å². The molecule has 0 saturated carbocycles. The summed E-state index contributed by atoms with van der Waals surface area (Å²) in [5, 5.41) is 3.35. The fraction of sp³-hybridized carbons (Fsp3) is 0.130.